The average molecular weight is 232 g/mol. The lowest BCUT2D eigenvalue weighted by atomic mass is 10.0. The Morgan fingerprint density at radius 3 is 2.80 bits per heavy atom. The third kappa shape index (κ3) is 3.29. The molecule has 1 heterocycles. The van der Waals surface area contributed by atoms with Crippen molar-refractivity contribution < 1.29 is 8.42 Å². The molecule has 0 amide bonds. The van der Waals surface area contributed by atoms with Crippen LogP contribution in [0.3, 0.4) is 0 Å². The topological polar surface area (TPSA) is 63.4 Å². The van der Waals surface area contributed by atoms with Gasteiger partial charge in [-0.2, -0.15) is 4.31 Å². The zero-order valence-electron chi connectivity index (χ0n) is 9.06. The molecular weight excluding hydrogens is 212 g/mol. The Hall–Kier alpha value is -0.390. The first-order chi connectivity index (χ1) is 7.11. The van der Waals surface area contributed by atoms with Gasteiger partial charge >= 0.3 is 0 Å². The summed E-state index contributed by atoms with van der Waals surface area (Å²) in [6.07, 6.45) is 5.20. The van der Waals surface area contributed by atoms with Crippen LogP contribution in [0.15, 0.2) is 12.7 Å². The Kier molecular flexibility index (Phi) is 4.76. The Morgan fingerprint density at radius 2 is 2.20 bits per heavy atom. The van der Waals surface area contributed by atoms with Crippen LogP contribution in [0.25, 0.3) is 0 Å². The molecule has 0 aliphatic carbocycles. The van der Waals surface area contributed by atoms with Gasteiger partial charge in [-0.1, -0.05) is 12.5 Å². The highest BCUT2D eigenvalue weighted by Crippen LogP contribution is 2.22. The first-order valence-electron chi connectivity index (χ1n) is 5.42. The molecule has 0 aromatic heterocycles. The molecule has 1 unspecified atom stereocenters. The zero-order chi connectivity index (χ0) is 11.3. The molecule has 0 aromatic carbocycles. The maximum Gasteiger partial charge on any atom is 0.217 e. The molecule has 0 bridgehead atoms. The average Bonchev–Trinajstić information content (AvgIpc) is 2.19. The summed E-state index contributed by atoms with van der Waals surface area (Å²) in [5, 5.41) is 0. The molecule has 5 heteroatoms. The number of sulfonamides is 1. The van der Waals surface area contributed by atoms with Crippen LogP contribution in [0.2, 0.25) is 0 Å². The molecule has 0 radical (unpaired) electrons. The highest BCUT2D eigenvalue weighted by molar-refractivity contribution is 7.89. The van der Waals surface area contributed by atoms with Crippen molar-refractivity contribution in [2.45, 2.75) is 31.7 Å². The predicted molar refractivity (Wildman–Crippen MR) is 62.0 cm³/mol. The highest BCUT2D eigenvalue weighted by atomic mass is 32.2. The fourth-order valence-corrected chi connectivity index (χ4v) is 3.63. The van der Waals surface area contributed by atoms with Gasteiger partial charge in [0.1, 0.15) is 0 Å². The van der Waals surface area contributed by atoms with Crippen LogP contribution in [0.1, 0.15) is 25.7 Å². The van der Waals surface area contributed by atoms with E-state index in [4.69, 9.17) is 5.73 Å². The van der Waals surface area contributed by atoms with Crippen LogP contribution >= 0.6 is 0 Å². The van der Waals surface area contributed by atoms with E-state index in [0.29, 0.717) is 13.1 Å². The second-order valence-corrected chi connectivity index (χ2v) is 5.87. The van der Waals surface area contributed by atoms with E-state index in [1.54, 1.807) is 4.31 Å². The van der Waals surface area contributed by atoms with E-state index in [1.165, 1.54) is 6.08 Å². The van der Waals surface area contributed by atoms with Gasteiger partial charge in [0, 0.05) is 12.6 Å². The van der Waals surface area contributed by atoms with Crippen molar-refractivity contribution in [2.24, 2.45) is 5.73 Å². The summed E-state index contributed by atoms with van der Waals surface area (Å²) in [5.41, 5.74) is 5.50. The molecule has 1 saturated heterocycles. The van der Waals surface area contributed by atoms with Crippen molar-refractivity contribution in [3.05, 3.63) is 12.7 Å². The number of nitrogens with two attached hydrogens (primary N) is 1. The molecule has 0 aromatic rings. The van der Waals surface area contributed by atoms with Crippen LogP contribution in [0.4, 0.5) is 0 Å². The molecule has 4 nitrogen and oxygen atoms in total. The van der Waals surface area contributed by atoms with Crippen molar-refractivity contribution >= 4 is 10.0 Å². The standard InChI is InChI=1S/C10H20N2O2S/c1-2-9-15(13,14)12-8-4-3-5-10(12)6-7-11/h2,10H,1,3-9,11H2. The molecule has 0 spiro atoms. The van der Waals surface area contributed by atoms with E-state index in [0.717, 1.165) is 25.7 Å². The molecule has 15 heavy (non-hydrogen) atoms. The van der Waals surface area contributed by atoms with Crippen molar-refractivity contribution in [1.82, 2.24) is 4.31 Å². The Labute approximate surface area is 92.2 Å². The van der Waals surface area contributed by atoms with Crippen LogP contribution in [0, 0.1) is 0 Å². The third-order valence-electron chi connectivity index (χ3n) is 2.76. The molecule has 0 saturated carbocycles. The van der Waals surface area contributed by atoms with Gasteiger partial charge in [-0.25, -0.2) is 8.42 Å². The smallest absolute Gasteiger partial charge is 0.217 e. The molecule has 1 atom stereocenters. The van der Waals surface area contributed by atoms with Gasteiger partial charge in [-0.15, -0.1) is 6.58 Å². The van der Waals surface area contributed by atoms with Crippen molar-refractivity contribution in [2.75, 3.05) is 18.8 Å². The van der Waals surface area contributed by atoms with Crippen LogP contribution in [0.5, 0.6) is 0 Å². The Morgan fingerprint density at radius 1 is 1.47 bits per heavy atom. The fourth-order valence-electron chi connectivity index (χ4n) is 2.07. The molecule has 1 rings (SSSR count). The van der Waals surface area contributed by atoms with E-state index in [1.807, 2.05) is 0 Å². The predicted octanol–water partition coefficient (Wildman–Crippen LogP) is 0.706. The normalized spacial score (nSPS) is 23.9. The quantitative estimate of drug-likeness (QED) is 0.710. The minimum Gasteiger partial charge on any atom is -0.330 e. The van der Waals surface area contributed by atoms with E-state index < -0.39 is 10.0 Å². The fraction of sp³-hybridized carbons (Fsp3) is 0.800. The number of hydrogen-bond donors (Lipinski definition) is 1. The lowest BCUT2D eigenvalue weighted by molar-refractivity contribution is 0.244. The van der Waals surface area contributed by atoms with Gasteiger partial charge in [0.15, 0.2) is 0 Å². The van der Waals surface area contributed by atoms with Crippen molar-refractivity contribution in [3.63, 3.8) is 0 Å². The number of rotatable bonds is 5. The Bertz CT molecular complexity index is 299. The summed E-state index contributed by atoms with van der Waals surface area (Å²) < 4.78 is 25.4. The monoisotopic (exact) mass is 232 g/mol. The van der Waals surface area contributed by atoms with Gasteiger partial charge in [0.2, 0.25) is 10.0 Å². The second kappa shape index (κ2) is 5.63. The summed E-state index contributed by atoms with van der Waals surface area (Å²) in [5.74, 6) is 0.0358. The summed E-state index contributed by atoms with van der Waals surface area (Å²) in [6, 6.07) is 0.105. The SMILES string of the molecule is C=CCS(=O)(=O)N1CCCCC1CCN. The Balaban J connectivity index is 2.75. The van der Waals surface area contributed by atoms with Crippen LogP contribution in [-0.4, -0.2) is 37.6 Å². The molecule has 1 fully saturated rings. The van der Waals surface area contributed by atoms with E-state index in [-0.39, 0.29) is 11.8 Å². The second-order valence-electron chi connectivity index (χ2n) is 3.90. The summed E-state index contributed by atoms with van der Waals surface area (Å²) in [4.78, 5) is 0. The lowest BCUT2D eigenvalue weighted by Gasteiger charge is -2.34. The van der Waals surface area contributed by atoms with E-state index in [2.05, 4.69) is 6.58 Å². The largest absolute Gasteiger partial charge is 0.330 e. The van der Waals surface area contributed by atoms with Crippen molar-refractivity contribution in [1.29, 1.82) is 0 Å². The third-order valence-corrected chi connectivity index (χ3v) is 4.61. The minimum absolute atomic E-state index is 0.0358. The van der Waals surface area contributed by atoms with E-state index in [9.17, 15) is 8.42 Å². The summed E-state index contributed by atoms with van der Waals surface area (Å²) in [7, 11) is -3.15. The van der Waals surface area contributed by atoms with Crippen LogP contribution in [-0.2, 0) is 10.0 Å². The van der Waals surface area contributed by atoms with E-state index >= 15 is 0 Å². The van der Waals surface area contributed by atoms with Gasteiger partial charge < -0.3 is 5.73 Å². The van der Waals surface area contributed by atoms with Gasteiger partial charge in [-0.3, -0.25) is 0 Å². The molecule has 88 valence electrons. The van der Waals surface area contributed by atoms with Crippen molar-refractivity contribution in [3.8, 4) is 0 Å². The first kappa shape index (κ1) is 12.7. The number of piperidine rings is 1. The molecule has 2 N–H and O–H groups in total. The maximum absolute atomic E-state index is 11.9. The molecule has 1 aliphatic heterocycles. The number of nitrogens with zero attached hydrogens (tertiary/aromatic N) is 1. The molecule has 1 aliphatic rings. The summed E-state index contributed by atoms with van der Waals surface area (Å²) in [6.45, 7) is 4.67. The first-order valence-corrected chi connectivity index (χ1v) is 7.03. The van der Waals surface area contributed by atoms with Crippen LogP contribution < -0.4 is 5.73 Å². The van der Waals surface area contributed by atoms with Gasteiger partial charge in [0.25, 0.3) is 0 Å². The van der Waals surface area contributed by atoms with Gasteiger partial charge in [-0.05, 0) is 25.8 Å². The molecular formula is C10H20N2O2S. The number of hydrogen-bond acceptors (Lipinski definition) is 3. The zero-order valence-corrected chi connectivity index (χ0v) is 9.88. The van der Waals surface area contributed by atoms with Gasteiger partial charge in [0.05, 0.1) is 5.75 Å². The lowest BCUT2D eigenvalue weighted by Crippen LogP contribution is -2.45. The highest BCUT2D eigenvalue weighted by Gasteiger charge is 2.30. The minimum atomic E-state index is -3.15. The maximum atomic E-state index is 11.9. The summed E-state index contributed by atoms with van der Waals surface area (Å²) >= 11 is 0.